The molecule has 1 amide bonds. The first-order valence-corrected chi connectivity index (χ1v) is 18.9. The highest BCUT2D eigenvalue weighted by atomic mass is 32.2. The fourth-order valence-electron chi connectivity index (χ4n) is 8.07. The monoisotopic (exact) mass is 697 g/mol. The molecule has 2 fully saturated rings. The van der Waals surface area contributed by atoms with Crippen LogP contribution in [0.3, 0.4) is 0 Å². The van der Waals surface area contributed by atoms with Gasteiger partial charge in [0.05, 0.1) is 26.0 Å². The van der Waals surface area contributed by atoms with Gasteiger partial charge in [-0.2, -0.15) is 16.7 Å². The normalized spacial score (nSPS) is 20.4. The van der Waals surface area contributed by atoms with E-state index in [0.29, 0.717) is 72.1 Å². The van der Waals surface area contributed by atoms with E-state index in [0.717, 1.165) is 11.8 Å². The van der Waals surface area contributed by atoms with Crippen LogP contribution in [0.5, 0.6) is 11.5 Å². The third kappa shape index (κ3) is 6.58. The number of thioether (sulfide) groups is 1. The number of furan rings is 1. The Morgan fingerprint density at radius 2 is 1.88 bits per heavy atom. The van der Waals surface area contributed by atoms with E-state index in [1.165, 1.54) is 60.8 Å². The van der Waals surface area contributed by atoms with Crippen LogP contribution in [0.15, 0.2) is 59.3 Å². The molecule has 5 heterocycles. The lowest BCUT2D eigenvalue weighted by atomic mass is 9.72. The molecule has 8 rings (SSSR count). The van der Waals surface area contributed by atoms with E-state index < -0.39 is 0 Å². The van der Waals surface area contributed by atoms with Crippen LogP contribution in [0.4, 0.5) is 11.8 Å². The van der Waals surface area contributed by atoms with Gasteiger partial charge in [0.1, 0.15) is 5.82 Å². The van der Waals surface area contributed by atoms with E-state index in [4.69, 9.17) is 19.6 Å². The lowest BCUT2D eigenvalue weighted by molar-refractivity contribution is 0.0714. The molecule has 0 unspecified atom stereocenters. The van der Waals surface area contributed by atoms with E-state index in [1.54, 1.807) is 48.9 Å². The quantitative estimate of drug-likeness (QED) is 0.198. The Balaban J connectivity index is 0.000000161. The Labute approximate surface area is 297 Å². The summed E-state index contributed by atoms with van der Waals surface area (Å²) < 4.78 is 15.9. The number of piperazine rings is 1. The summed E-state index contributed by atoms with van der Waals surface area (Å²) in [7, 11) is 3.14. The second kappa shape index (κ2) is 14.8. The number of amides is 1. The van der Waals surface area contributed by atoms with E-state index in [1.807, 2.05) is 16.7 Å². The van der Waals surface area contributed by atoms with Gasteiger partial charge in [0.25, 0.3) is 5.91 Å². The maximum atomic E-state index is 12.4. The van der Waals surface area contributed by atoms with Gasteiger partial charge >= 0.3 is 0 Å². The molecule has 0 bridgehead atoms. The minimum absolute atomic E-state index is 0.111. The van der Waals surface area contributed by atoms with Gasteiger partial charge in [-0.1, -0.05) is 19.1 Å². The molecule has 3 atom stereocenters. The van der Waals surface area contributed by atoms with E-state index in [-0.39, 0.29) is 5.91 Å². The molecule has 0 radical (unpaired) electrons. The third-order valence-corrected chi connectivity index (χ3v) is 11.2. The molecule has 2 aromatic carbocycles. The standard InChI is InChI=1S/C19H21N5O4.C19H26N2S/c1-26-15-10-12-13(11-16(15)27-2)21-19(22-17(12)20)24-7-5-23(6-8-24)18(25)14-4-3-9-28-14;1-3-7-21-11-13(12-22-2)8-16-15-5-4-6-17-19(15)14(10-20-17)9-18(16)21/h3-4,9-11H,5-8H2,1-2H3,(H2,20,21,22);4-6,10,13,16,18,20H,3,7-9,11-12H2,1-2H3/t;13-,16-,18-/m.1/s1. The number of ether oxygens (including phenoxy) is 2. The summed E-state index contributed by atoms with van der Waals surface area (Å²) in [6.45, 7) is 7.17. The Bertz CT molecular complexity index is 1940. The molecule has 12 heteroatoms. The second-order valence-corrected chi connectivity index (χ2v) is 14.3. The summed E-state index contributed by atoms with van der Waals surface area (Å²) >= 11 is 2.01. The van der Waals surface area contributed by atoms with Crippen molar-refractivity contribution in [1.82, 2.24) is 24.8 Å². The summed E-state index contributed by atoms with van der Waals surface area (Å²) in [5.41, 5.74) is 11.3. The maximum absolute atomic E-state index is 12.4. The highest BCUT2D eigenvalue weighted by Gasteiger charge is 2.40. The number of nitrogens with zero attached hydrogens (tertiary/aromatic N) is 5. The zero-order valence-corrected chi connectivity index (χ0v) is 30.2. The van der Waals surface area contributed by atoms with Crippen LogP contribution in [-0.4, -0.2) is 102 Å². The number of aromatic nitrogens is 3. The van der Waals surface area contributed by atoms with Gasteiger partial charge in [0.2, 0.25) is 5.95 Å². The Hall–Kier alpha value is -4.42. The van der Waals surface area contributed by atoms with Crippen LogP contribution >= 0.6 is 11.8 Å². The molecule has 1 aliphatic carbocycles. The molecule has 2 saturated heterocycles. The van der Waals surface area contributed by atoms with Crippen LogP contribution < -0.4 is 20.1 Å². The van der Waals surface area contributed by atoms with Crippen molar-refractivity contribution in [1.29, 1.82) is 0 Å². The molecule has 5 aromatic rings. The molecule has 264 valence electrons. The average Bonchev–Trinajstić information content (AvgIpc) is 3.84. The average molecular weight is 698 g/mol. The van der Waals surface area contributed by atoms with Crippen molar-refractivity contribution in [3.8, 4) is 11.5 Å². The molecule has 3 aromatic heterocycles. The maximum Gasteiger partial charge on any atom is 0.289 e. The zero-order chi connectivity index (χ0) is 34.8. The molecule has 50 heavy (non-hydrogen) atoms. The Morgan fingerprint density at radius 1 is 1.08 bits per heavy atom. The fourth-order valence-corrected chi connectivity index (χ4v) is 8.79. The van der Waals surface area contributed by atoms with Crippen molar-refractivity contribution in [2.75, 3.05) is 76.1 Å². The first-order valence-electron chi connectivity index (χ1n) is 17.5. The van der Waals surface area contributed by atoms with E-state index in [2.05, 4.69) is 57.4 Å². The summed E-state index contributed by atoms with van der Waals surface area (Å²) in [5, 5.41) is 2.23. The van der Waals surface area contributed by atoms with Crippen LogP contribution in [0.2, 0.25) is 0 Å². The number of fused-ring (bicyclic) bond motifs is 3. The number of anilines is 2. The number of nitrogens with two attached hydrogens (primary N) is 1. The van der Waals surface area contributed by atoms with Crippen molar-refractivity contribution < 1.29 is 18.7 Å². The number of H-pyrrole nitrogens is 1. The summed E-state index contributed by atoms with van der Waals surface area (Å²) in [6, 6.07) is 14.5. The van der Waals surface area contributed by atoms with E-state index in [9.17, 15) is 4.79 Å². The van der Waals surface area contributed by atoms with Crippen molar-refractivity contribution >= 4 is 51.2 Å². The number of aromatic amines is 1. The van der Waals surface area contributed by atoms with Gasteiger partial charge in [-0.05, 0) is 79.1 Å². The van der Waals surface area contributed by atoms with Gasteiger partial charge < -0.3 is 34.4 Å². The largest absolute Gasteiger partial charge is 0.493 e. The Kier molecular flexibility index (Phi) is 10.1. The lowest BCUT2D eigenvalue weighted by Gasteiger charge is -2.47. The third-order valence-electron chi connectivity index (χ3n) is 10.4. The Morgan fingerprint density at radius 3 is 2.60 bits per heavy atom. The molecule has 2 aliphatic heterocycles. The number of hydrogen-bond donors (Lipinski definition) is 2. The van der Waals surface area contributed by atoms with Crippen LogP contribution in [0.1, 0.15) is 47.4 Å². The highest BCUT2D eigenvalue weighted by molar-refractivity contribution is 7.98. The number of benzene rings is 2. The minimum atomic E-state index is -0.111. The van der Waals surface area contributed by atoms with Crippen molar-refractivity contribution in [2.24, 2.45) is 5.92 Å². The van der Waals surface area contributed by atoms with Crippen molar-refractivity contribution in [3.63, 3.8) is 0 Å². The number of methoxy groups -OCH3 is 2. The zero-order valence-electron chi connectivity index (χ0n) is 29.4. The molecule has 3 N–H and O–H groups in total. The van der Waals surface area contributed by atoms with Gasteiger partial charge in [-0.25, -0.2) is 4.98 Å². The van der Waals surface area contributed by atoms with Gasteiger partial charge in [-0.3, -0.25) is 9.69 Å². The summed E-state index contributed by atoms with van der Waals surface area (Å²) in [5.74, 6) is 5.16. The molecule has 11 nitrogen and oxygen atoms in total. The number of rotatable bonds is 8. The predicted octanol–water partition coefficient (Wildman–Crippen LogP) is 6.06. The molecule has 0 spiro atoms. The molecule has 0 saturated carbocycles. The van der Waals surface area contributed by atoms with Crippen molar-refractivity contribution in [3.05, 3.63) is 71.8 Å². The van der Waals surface area contributed by atoms with Gasteiger partial charge in [0, 0.05) is 73.2 Å². The van der Waals surface area contributed by atoms with Gasteiger partial charge in [0.15, 0.2) is 17.3 Å². The van der Waals surface area contributed by atoms with Crippen LogP contribution in [0.25, 0.3) is 21.8 Å². The SMILES string of the molecule is CCCN1C[C@H](CSC)C[C@@H]2c3cccc4[nH]cc(c34)C[C@H]21.COc1cc2nc(N3CCN(C(=O)c4ccco4)CC3)nc(N)c2cc1OC. The minimum Gasteiger partial charge on any atom is -0.493 e. The number of nitrogen functional groups attached to an aromatic ring is 1. The molecular formula is C38H47N7O4S. The van der Waals surface area contributed by atoms with Crippen molar-refractivity contribution in [2.45, 2.75) is 38.1 Å². The number of piperidine rings is 1. The van der Waals surface area contributed by atoms with E-state index >= 15 is 0 Å². The summed E-state index contributed by atoms with van der Waals surface area (Å²) in [6.07, 6.45) is 9.87. The topological polar surface area (TPSA) is 126 Å². The number of carbonyl (C=O) groups excluding carboxylic acids is 1. The smallest absolute Gasteiger partial charge is 0.289 e. The number of nitrogens with one attached hydrogen (secondary N) is 1. The van der Waals surface area contributed by atoms with Crippen LogP contribution in [-0.2, 0) is 6.42 Å². The second-order valence-electron chi connectivity index (χ2n) is 13.4. The van der Waals surface area contributed by atoms with Gasteiger partial charge in [-0.15, -0.1) is 0 Å². The number of likely N-dealkylation sites (tertiary alicyclic amines) is 1. The highest BCUT2D eigenvalue weighted by Crippen LogP contribution is 2.45. The predicted molar refractivity (Wildman–Crippen MR) is 201 cm³/mol. The van der Waals surface area contributed by atoms with Crippen LogP contribution in [0, 0.1) is 5.92 Å². The molecular weight excluding hydrogens is 651 g/mol. The fraction of sp³-hybridized carbons (Fsp3) is 0.447. The lowest BCUT2D eigenvalue weighted by Crippen LogP contribution is -2.50. The molecule has 3 aliphatic rings. The number of carbonyl (C=O) groups is 1. The first kappa shape index (κ1) is 34.0. The summed E-state index contributed by atoms with van der Waals surface area (Å²) in [4.78, 5) is 31.5. The number of hydrogen-bond acceptors (Lipinski definition) is 10. The first-order chi connectivity index (χ1) is 24.4.